The van der Waals surface area contributed by atoms with Crippen LogP contribution in [0.1, 0.15) is 12.0 Å². The minimum Gasteiger partial charge on any atom is -0.287 e. The summed E-state index contributed by atoms with van der Waals surface area (Å²) in [6.07, 6.45) is -4.06. The van der Waals surface area contributed by atoms with Gasteiger partial charge in [-0.05, 0) is 12.0 Å². The zero-order valence-electron chi connectivity index (χ0n) is 9.69. The average molecular weight is 254 g/mol. The average Bonchev–Trinajstić information content (AvgIpc) is 2.73. The van der Waals surface area contributed by atoms with Crippen LogP contribution in [0.5, 0.6) is 0 Å². The zero-order valence-corrected chi connectivity index (χ0v) is 9.69. The molecule has 0 aromatic heterocycles. The van der Waals surface area contributed by atoms with E-state index in [2.05, 4.69) is 0 Å². The van der Waals surface area contributed by atoms with E-state index in [0.29, 0.717) is 6.54 Å². The van der Waals surface area contributed by atoms with Crippen LogP contribution in [0, 0.1) is 17.2 Å². The molecule has 1 fully saturated rings. The molecule has 0 spiro atoms. The van der Waals surface area contributed by atoms with E-state index in [1.807, 2.05) is 6.07 Å². The second kappa shape index (κ2) is 4.99. The molecule has 0 saturated carbocycles. The van der Waals surface area contributed by atoms with Crippen LogP contribution in [-0.4, -0.2) is 23.7 Å². The number of halogens is 3. The van der Waals surface area contributed by atoms with Gasteiger partial charge in [0.1, 0.15) is 6.04 Å². The number of nitriles is 1. The van der Waals surface area contributed by atoms with Crippen LogP contribution in [0.15, 0.2) is 30.3 Å². The fourth-order valence-corrected chi connectivity index (χ4v) is 2.42. The van der Waals surface area contributed by atoms with Gasteiger partial charge in [0.2, 0.25) is 0 Å². The summed E-state index contributed by atoms with van der Waals surface area (Å²) in [5.74, 6) is -0.950. The minimum absolute atomic E-state index is 0.239. The molecule has 2 rings (SSSR count). The van der Waals surface area contributed by atoms with Crippen LogP contribution in [-0.2, 0) is 6.54 Å². The predicted molar refractivity (Wildman–Crippen MR) is 60.4 cm³/mol. The first-order valence-corrected chi connectivity index (χ1v) is 5.76. The number of alkyl halides is 3. The van der Waals surface area contributed by atoms with Gasteiger partial charge < -0.3 is 0 Å². The summed E-state index contributed by atoms with van der Waals surface area (Å²) in [7, 11) is 0. The van der Waals surface area contributed by atoms with Crippen LogP contribution in [0.25, 0.3) is 0 Å². The molecule has 2 atom stereocenters. The zero-order chi connectivity index (χ0) is 13.2. The first-order valence-electron chi connectivity index (χ1n) is 5.76. The Morgan fingerprint density at radius 1 is 1.28 bits per heavy atom. The van der Waals surface area contributed by atoms with Crippen molar-refractivity contribution in [2.45, 2.75) is 25.2 Å². The van der Waals surface area contributed by atoms with E-state index in [1.54, 1.807) is 30.3 Å². The molecule has 5 heteroatoms. The summed E-state index contributed by atoms with van der Waals surface area (Å²) >= 11 is 0. The van der Waals surface area contributed by atoms with Crippen LogP contribution < -0.4 is 0 Å². The highest BCUT2D eigenvalue weighted by atomic mass is 19.4. The lowest BCUT2D eigenvalue weighted by Gasteiger charge is -2.27. The Labute approximate surface area is 104 Å². The maximum Gasteiger partial charge on any atom is 0.405 e. The molecule has 0 unspecified atom stereocenters. The molecule has 1 heterocycles. The van der Waals surface area contributed by atoms with Crippen molar-refractivity contribution >= 4 is 0 Å². The number of rotatable bonds is 2. The first-order chi connectivity index (χ1) is 8.52. The van der Waals surface area contributed by atoms with Gasteiger partial charge in [0.15, 0.2) is 0 Å². The van der Waals surface area contributed by atoms with Gasteiger partial charge in [-0.1, -0.05) is 30.3 Å². The molecule has 1 aromatic rings. The molecule has 1 aliphatic heterocycles. The van der Waals surface area contributed by atoms with E-state index in [1.165, 1.54) is 4.90 Å². The summed E-state index contributed by atoms with van der Waals surface area (Å²) < 4.78 is 38.9. The van der Waals surface area contributed by atoms with Crippen LogP contribution in [0.2, 0.25) is 0 Å². The Morgan fingerprint density at radius 2 is 1.94 bits per heavy atom. The lowest BCUT2D eigenvalue weighted by atomic mass is 10.0. The fraction of sp³-hybridized carbons (Fsp3) is 0.462. The number of benzene rings is 1. The molecule has 0 aliphatic carbocycles. The van der Waals surface area contributed by atoms with Crippen molar-refractivity contribution in [2.24, 2.45) is 5.92 Å². The van der Waals surface area contributed by atoms with Gasteiger partial charge in [-0.3, -0.25) is 4.90 Å². The number of hydrogen-bond donors (Lipinski definition) is 0. The first kappa shape index (κ1) is 12.9. The topological polar surface area (TPSA) is 27.0 Å². The van der Waals surface area contributed by atoms with Gasteiger partial charge in [0.05, 0.1) is 12.0 Å². The SMILES string of the molecule is N#C[C@H]1CCN(Cc2ccccc2)[C@@H]1C(F)(F)F. The highest BCUT2D eigenvalue weighted by Gasteiger charge is 2.51. The van der Waals surface area contributed by atoms with Crippen molar-refractivity contribution in [3.8, 4) is 6.07 Å². The highest BCUT2D eigenvalue weighted by molar-refractivity contribution is 5.15. The van der Waals surface area contributed by atoms with Crippen LogP contribution in [0.3, 0.4) is 0 Å². The van der Waals surface area contributed by atoms with Gasteiger partial charge >= 0.3 is 6.18 Å². The van der Waals surface area contributed by atoms with Gasteiger partial charge in [0.25, 0.3) is 0 Å². The van der Waals surface area contributed by atoms with Gasteiger partial charge in [0, 0.05) is 13.1 Å². The Balaban J connectivity index is 2.16. The molecule has 1 saturated heterocycles. The predicted octanol–water partition coefficient (Wildman–Crippen LogP) is 2.96. The Bertz CT molecular complexity index is 436. The van der Waals surface area contributed by atoms with Crippen LogP contribution in [0.4, 0.5) is 13.2 Å². The molecule has 0 N–H and O–H groups in total. The van der Waals surface area contributed by atoms with Crippen molar-refractivity contribution < 1.29 is 13.2 Å². The lowest BCUT2D eigenvalue weighted by Crippen LogP contribution is -2.44. The lowest BCUT2D eigenvalue weighted by molar-refractivity contribution is -0.182. The minimum atomic E-state index is -4.34. The quantitative estimate of drug-likeness (QED) is 0.811. The maximum absolute atomic E-state index is 13.0. The molecular weight excluding hydrogens is 241 g/mol. The van der Waals surface area contributed by atoms with Gasteiger partial charge in [-0.15, -0.1) is 0 Å². The second-order valence-electron chi connectivity index (χ2n) is 4.47. The maximum atomic E-state index is 13.0. The van der Waals surface area contributed by atoms with E-state index >= 15 is 0 Å². The Kier molecular flexibility index (Phi) is 3.58. The molecule has 18 heavy (non-hydrogen) atoms. The van der Waals surface area contributed by atoms with Gasteiger partial charge in [-0.25, -0.2) is 0 Å². The van der Waals surface area contributed by atoms with Crippen LogP contribution >= 0.6 is 0 Å². The highest BCUT2D eigenvalue weighted by Crippen LogP contribution is 2.37. The molecular formula is C13H13F3N2. The fourth-order valence-electron chi connectivity index (χ4n) is 2.42. The van der Waals surface area contributed by atoms with E-state index < -0.39 is 18.1 Å². The third-order valence-electron chi connectivity index (χ3n) is 3.23. The molecule has 0 bridgehead atoms. The van der Waals surface area contributed by atoms with E-state index in [-0.39, 0.29) is 13.0 Å². The van der Waals surface area contributed by atoms with Crippen molar-refractivity contribution in [1.29, 1.82) is 5.26 Å². The number of likely N-dealkylation sites (tertiary alicyclic amines) is 1. The summed E-state index contributed by atoms with van der Waals surface area (Å²) in [4.78, 5) is 1.35. The summed E-state index contributed by atoms with van der Waals surface area (Å²) in [5, 5.41) is 8.81. The van der Waals surface area contributed by atoms with Crippen molar-refractivity contribution in [2.75, 3.05) is 6.54 Å². The Hall–Kier alpha value is -1.54. The smallest absolute Gasteiger partial charge is 0.287 e. The molecule has 1 aromatic carbocycles. The molecule has 96 valence electrons. The van der Waals surface area contributed by atoms with E-state index in [0.717, 1.165) is 5.56 Å². The van der Waals surface area contributed by atoms with Crippen molar-refractivity contribution in [3.63, 3.8) is 0 Å². The monoisotopic (exact) mass is 254 g/mol. The largest absolute Gasteiger partial charge is 0.405 e. The van der Waals surface area contributed by atoms with E-state index in [9.17, 15) is 13.2 Å². The standard InChI is InChI=1S/C13H13F3N2/c14-13(15,16)12-11(8-17)6-7-18(12)9-10-4-2-1-3-5-10/h1-5,11-12H,6-7,9H2/t11-,12+/m1/s1. The van der Waals surface area contributed by atoms with Gasteiger partial charge in [-0.2, -0.15) is 18.4 Å². The second-order valence-corrected chi connectivity index (χ2v) is 4.47. The molecule has 0 radical (unpaired) electrons. The third-order valence-corrected chi connectivity index (χ3v) is 3.23. The van der Waals surface area contributed by atoms with E-state index in [4.69, 9.17) is 5.26 Å². The summed E-state index contributed by atoms with van der Waals surface area (Å²) in [6.45, 7) is 0.556. The number of hydrogen-bond acceptors (Lipinski definition) is 2. The molecule has 1 aliphatic rings. The summed E-state index contributed by atoms with van der Waals surface area (Å²) in [6, 6.07) is 9.16. The van der Waals surface area contributed by atoms with Crippen molar-refractivity contribution in [1.82, 2.24) is 4.90 Å². The van der Waals surface area contributed by atoms with Crippen molar-refractivity contribution in [3.05, 3.63) is 35.9 Å². The Morgan fingerprint density at radius 3 is 2.50 bits per heavy atom. The summed E-state index contributed by atoms with van der Waals surface area (Å²) in [5.41, 5.74) is 0.838. The normalized spacial score (nSPS) is 25.0. The molecule has 0 amide bonds. The molecule has 2 nitrogen and oxygen atoms in total. The number of nitrogens with zero attached hydrogens (tertiary/aromatic N) is 2. The third kappa shape index (κ3) is 2.65.